The molecule has 104 valence electrons. The summed E-state index contributed by atoms with van der Waals surface area (Å²) in [4.78, 5) is 3.90. The van der Waals surface area contributed by atoms with Crippen LogP contribution in [0.25, 0.3) is 0 Å². The molecule has 0 aromatic carbocycles. The van der Waals surface area contributed by atoms with Gasteiger partial charge >= 0.3 is 10.1 Å². The summed E-state index contributed by atoms with van der Waals surface area (Å²) in [6.07, 6.45) is 3.81. The summed E-state index contributed by atoms with van der Waals surface area (Å²) in [7, 11) is -3.76. The van der Waals surface area contributed by atoms with Gasteiger partial charge in [0.15, 0.2) is 5.03 Å². The summed E-state index contributed by atoms with van der Waals surface area (Å²) in [5.41, 5.74) is 0. The van der Waals surface area contributed by atoms with Crippen molar-refractivity contribution in [3.63, 3.8) is 0 Å². The van der Waals surface area contributed by atoms with E-state index in [0.717, 1.165) is 25.9 Å². The van der Waals surface area contributed by atoms with Crippen LogP contribution in [-0.4, -0.2) is 39.2 Å². The highest BCUT2D eigenvalue weighted by molar-refractivity contribution is 7.86. The van der Waals surface area contributed by atoms with Crippen molar-refractivity contribution in [2.24, 2.45) is 5.92 Å². The largest absolute Gasteiger partial charge is 0.489 e. The fourth-order valence-corrected chi connectivity index (χ4v) is 2.58. The van der Waals surface area contributed by atoms with Gasteiger partial charge in [0.2, 0.25) is 0 Å². The Morgan fingerprint density at radius 2 is 2.11 bits per heavy atom. The van der Waals surface area contributed by atoms with Gasteiger partial charge in [0.1, 0.15) is 5.75 Å². The summed E-state index contributed by atoms with van der Waals surface area (Å²) in [6.45, 7) is 1.81. The first-order chi connectivity index (χ1) is 9.13. The number of aromatic nitrogens is 1. The van der Waals surface area contributed by atoms with Crippen LogP contribution in [0.5, 0.6) is 5.75 Å². The van der Waals surface area contributed by atoms with Crippen LogP contribution in [0.1, 0.15) is 12.8 Å². The topological polar surface area (TPSA) is 77.5 Å². The van der Waals surface area contributed by atoms with Gasteiger partial charge in [-0.15, -0.1) is 0 Å². The molecule has 0 unspecified atom stereocenters. The molecule has 0 spiro atoms. The van der Waals surface area contributed by atoms with Crippen molar-refractivity contribution < 1.29 is 17.3 Å². The van der Waals surface area contributed by atoms with E-state index in [9.17, 15) is 8.42 Å². The molecule has 1 aliphatic heterocycles. The van der Waals surface area contributed by atoms with E-state index in [0.29, 0.717) is 5.75 Å². The van der Waals surface area contributed by atoms with Crippen LogP contribution in [-0.2, 0) is 14.3 Å². The van der Waals surface area contributed by atoms with Gasteiger partial charge in [-0.3, -0.25) is 4.18 Å². The molecule has 2 fully saturated rings. The molecular formula is C12H16N2O4S. The lowest BCUT2D eigenvalue weighted by Gasteiger charge is -2.26. The smallest absolute Gasteiger partial charge is 0.314 e. The predicted molar refractivity (Wildman–Crippen MR) is 67.4 cm³/mol. The average Bonchev–Trinajstić information content (AvgIpc) is 3.11. The summed E-state index contributed by atoms with van der Waals surface area (Å²) < 4.78 is 34.2. The highest BCUT2D eigenvalue weighted by atomic mass is 32.2. The Morgan fingerprint density at radius 3 is 2.63 bits per heavy atom. The third kappa shape index (κ3) is 3.23. The van der Waals surface area contributed by atoms with E-state index in [-0.39, 0.29) is 23.7 Å². The van der Waals surface area contributed by atoms with Crippen molar-refractivity contribution in [3.8, 4) is 5.75 Å². The summed E-state index contributed by atoms with van der Waals surface area (Å²) in [5, 5.41) is 3.00. The van der Waals surface area contributed by atoms with Crippen LogP contribution in [0.4, 0.5) is 0 Å². The Bertz CT molecular complexity index is 535. The number of nitrogens with zero attached hydrogens (tertiary/aromatic N) is 1. The monoisotopic (exact) mass is 284 g/mol. The second-order valence-corrected chi connectivity index (χ2v) is 6.47. The molecule has 6 nitrogen and oxygen atoms in total. The molecule has 0 atom stereocenters. The summed E-state index contributed by atoms with van der Waals surface area (Å²) >= 11 is 0. The van der Waals surface area contributed by atoms with Crippen molar-refractivity contribution in [2.75, 3.05) is 19.7 Å². The maximum Gasteiger partial charge on any atom is 0.314 e. The van der Waals surface area contributed by atoms with Gasteiger partial charge in [0.25, 0.3) is 0 Å². The van der Waals surface area contributed by atoms with E-state index in [1.54, 1.807) is 6.07 Å². The Hall–Kier alpha value is -1.18. The molecule has 19 heavy (non-hydrogen) atoms. The third-order valence-electron chi connectivity index (χ3n) is 3.12. The summed E-state index contributed by atoms with van der Waals surface area (Å²) in [5.74, 6) is 0.872. The lowest BCUT2D eigenvalue weighted by molar-refractivity contribution is 0.203. The quantitative estimate of drug-likeness (QED) is 0.769. The first-order valence-corrected chi connectivity index (χ1v) is 7.77. The van der Waals surface area contributed by atoms with Crippen LogP contribution in [0.2, 0.25) is 0 Å². The minimum atomic E-state index is -3.76. The van der Waals surface area contributed by atoms with Crippen molar-refractivity contribution in [3.05, 3.63) is 18.3 Å². The standard InChI is InChI=1S/C12H16N2O4S/c15-19(16,17-8-9-5-13-6-9)12-4-3-11(7-14-12)18-10-1-2-10/h3-4,7,9-10,13H,1-2,5-6,8H2. The molecule has 0 bridgehead atoms. The predicted octanol–water partition coefficient (Wildman–Crippen LogP) is 0.547. The number of ether oxygens (including phenoxy) is 1. The zero-order valence-corrected chi connectivity index (χ0v) is 11.2. The number of pyridine rings is 1. The Morgan fingerprint density at radius 1 is 1.32 bits per heavy atom. The number of rotatable bonds is 6. The van der Waals surface area contributed by atoms with Gasteiger partial charge in [-0.1, -0.05) is 0 Å². The second-order valence-electron chi connectivity index (χ2n) is 4.91. The van der Waals surface area contributed by atoms with E-state index in [2.05, 4.69) is 10.3 Å². The molecule has 2 heterocycles. The molecule has 7 heteroatoms. The number of hydrogen-bond acceptors (Lipinski definition) is 6. The van der Waals surface area contributed by atoms with Gasteiger partial charge in [0.05, 0.1) is 18.9 Å². The maximum atomic E-state index is 11.9. The fourth-order valence-electron chi connectivity index (χ4n) is 1.68. The van der Waals surface area contributed by atoms with E-state index in [1.165, 1.54) is 12.3 Å². The van der Waals surface area contributed by atoms with Gasteiger partial charge in [0, 0.05) is 19.0 Å². The molecule has 1 aromatic rings. The molecule has 1 saturated carbocycles. The average molecular weight is 284 g/mol. The van der Waals surface area contributed by atoms with E-state index >= 15 is 0 Å². The normalized spacial score (nSPS) is 20.0. The van der Waals surface area contributed by atoms with Crippen molar-refractivity contribution in [1.29, 1.82) is 0 Å². The van der Waals surface area contributed by atoms with Crippen LogP contribution < -0.4 is 10.1 Å². The van der Waals surface area contributed by atoms with Crippen LogP contribution in [0.15, 0.2) is 23.4 Å². The van der Waals surface area contributed by atoms with E-state index in [4.69, 9.17) is 8.92 Å². The van der Waals surface area contributed by atoms with Crippen molar-refractivity contribution in [2.45, 2.75) is 24.0 Å². The minimum Gasteiger partial charge on any atom is -0.489 e. The Kier molecular flexibility index (Phi) is 3.42. The fraction of sp³-hybridized carbons (Fsp3) is 0.583. The third-order valence-corrected chi connectivity index (χ3v) is 4.32. The second kappa shape index (κ2) is 5.07. The lowest BCUT2D eigenvalue weighted by Crippen LogP contribution is -2.44. The first kappa shape index (κ1) is 12.8. The van der Waals surface area contributed by atoms with Crippen molar-refractivity contribution in [1.82, 2.24) is 10.3 Å². The van der Waals surface area contributed by atoms with Gasteiger partial charge in [-0.2, -0.15) is 8.42 Å². The van der Waals surface area contributed by atoms with Crippen LogP contribution in [0, 0.1) is 5.92 Å². The maximum absolute atomic E-state index is 11.9. The molecular weight excluding hydrogens is 268 g/mol. The molecule has 0 radical (unpaired) electrons. The highest BCUT2D eigenvalue weighted by Crippen LogP contribution is 2.26. The molecule has 0 amide bonds. The first-order valence-electron chi connectivity index (χ1n) is 6.36. The molecule has 1 saturated heterocycles. The van der Waals surface area contributed by atoms with Gasteiger partial charge in [-0.25, -0.2) is 4.98 Å². The molecule has 1 aromatic heterocycles. The Balaban J connectivity index is 1.61. The zero-order chi connectivity index (χ0) is 13.3. The molecule has 1 N–H and O–H groups in total. The zero-order valence-electron chi connectivity index (χ0n) is 10.4. The van der Waals surface area contributed by atoms with Gasteiger partial charge < -0.3 is 10.1 Å². The van der Waals surface area contributed by atoms with E-state index < -0.39 is 10.1 Å². The van der Waals surface area contributed by atoms with E-state index in [1.807, 2.05) is 0 Å². The SMILES string of the molecule is O=S(=O)(OCC1CNC1)c1ccc(OC2CC2)cn1. The van der Waals surface area contributed by atoms with Gasteiger partial charge in [-0.05, 0) is 25.0 Å². The highest BCUT2D eigenvalue weighted by Gasteiger charge is 2.25. The van der Waals surface area contributed by atoms with Crippen molar-refractivity contribution >= 4 is 10.1 Å². The number of hydrogen-bond donors (Lipinski definition) is 1. The number of nitrogens with one attached hydrogen (secondary N) is 1. The Labute approximate surface area is 112 Å². The van der Waals surface area contributed by atoms with Crippen LogP contribution >= 0.6 is 0 Å². The molecule has 3 rings (SSSR count). The lowest BCUT2D eigenvalue weighted by atomic mass is 10.1. The minimum absolute atomic E-state index is 0.0667. The van der Waals surface area contributed by atoms with Crippen LogP contribution in [0.3, 0.4) is 0 Å². The summed E-state index contributed by atoms with van der Waals surface area (Å²) in [6, 6.07) is 3.04. The molecule has 1 aliphatic carbocycles. The molecule has 2 aliphatic rings.